The number of halogens is 4. The Morgan fingerprint density at radius 2 is 2.12 bits per heavy atom. The first-order valence-electron chi connectivity index (χ1n) is 10.7. The van der Waals surface area contributed by atoms with Crippen molar-refractivity contribution in [2.75, 3.05) is 39.2 Å². The number of nitrogens with one attached hydrogen (secondary N) is 1. The van der Waals surface area contributed by atoms with Crippen LogP contribution in [0.3, 0.4) is 0 Å². The summed E-state index contributed by atoms with van der Waals surface area (Å²) >= 11 is 0. The van der Waals surface area contributed by atoms with Crippen molar-refractivity contribution in [2.45, 2.75) is 24.9 Å². The quantitative estimate of drug-likeness (QED) is 0.409. The third-order valence-corrected chi connectivity index (χ3v) is 5.84. The molecule has 1 atom stereocenters. The second kappa shape index (κ2) is 8.38. The molecule has 0 spiro atoms. The summed E-state index contributed by atoms with van der Waals surface area (Å²) in [5, 5.41) is 15.0. The Kier molecular flexibility index (Phi) is 5.50. The Morgan fingerprint density at radius 1 is 1.29 bits per heavy atom. The van der Waals surface area contributed by atoms with Gasteiger partial charge in [-0.15, -0.1) is 10.2 Å². The molecule has 1 fully saturated rings. The Bertz CT molecular complexity index is 1350. The Morgan fingerprint density at radius 3 is 2.82 bits per heavy atom. The lowest BCUT2D eigenvalue weighted by Crippen LogP contribution is -2.38. The number of ether oxygens (including phenoxy) is 1. The van der Waals surface area contributed by atoms with Gasteiger partial charge in [0, 0.05) is 13.1 Å². The number of aromatic nitrogens is 6. The summed E-state index contributed by atoms with van der Waals surface area (Å²) in [5.41, 5.74) is 2.11. The number of rotatable bonds is 7. The molecule has 0 saturated carbocycles. The Labute approximate surface area is 191 Å². The molecular weight excluding hydrogens is 456 g/mol. The Balaban J connectivity index is 1.57. The van der Waals surface area contributed by atoms with Crippen molar-refractivity contribution in [3.05, 3.63) is 30.2 Å². The highest BCUT2D eigenvalue weighted by Gasteiger charge is 2.47. The largest absolute Gasteiger partial charge is 0.479 e. The van der Waals surface area contributed by atoms with E-state index in [-0.39, 0.29) is 42.4 Å². The number of fused-ring (bicyclic) bond motifs is 2. The fraction of sp³-hybridized carbons (Fsp3) is 0.429. The van der Waals surface area contributed by atoms with E-state index in [1.807, 2.05) is 0 Å². The average molecular weight is 478 g/mol. The van der Waals surface area contributed by atoms with Crippen molar-refractivity contribution in [3.8, 4) is 17.0 Å². The van der Waals surface area contributed by atoms with Crippen LogP contribution < -0.4 is 10.1 Å². The van der Waals surface area contributed by atoms with Crippen molar-refractivity contribution >= 4 is 22.5 Å². The van der Waals surface area contributed by atoms with Gasteiger partial charge < -0.3 is 10.1 Å². The molecule has 34 heavy (non-hydrogen) atoms. The molecule has 1 aromatic carbocycles. The highest BCUT2D eigenvalue weighted by atomic mass is 19.3. The maximum Gasteiger partial charge on any atom is 0.281 e. The molecule has 180 valence electrons. The summed E-state index contributed by atoms with van der Waals surface area (Å²) in [7, 11) is 2.96. The number of benzene rings is 1. The SMILES string of the molecule is COc1nc(N[C@@H]2CN(C)CC2(F)F)nn2cc(F)c(-c3ccc4nnn(CCCF)c4c3)c12. The van der Waals surface area contributed by atoms with Gasteiger partial charge in [-0.05, 0) is 31.2 Å². The van der Waals surface area contributed by atoms with Crippen LogP contribution in [0.2, 0.25) is 0 Å². The maximum absolute atomic E-state index is 15.2. The molecule has 1 saturated heterocycles. The second-order valence-corrected chi connectivity index (χ2v) is 8.30. The molecule has 3 aromatic heterocycles. The van der Waals surface area contributed by atoms with Crippen molar-refractivity contribution in [1.29, 1.82) is 0 Å². The van der Waals surface area contributed by atoms with Gasteiger partial charge in [0.25, 0.3) is 5.92 Å². The summed E-state index contributed by atoms with van der Waals surface area (Å²) in [6.45, 7) is -0.441. The lowest BCUT2D eigenvalue weighted by molar-refractivity contribution is 0.00583. The Hall–Kier alpha value is -3.48. The monoisotopic (exact) mass is 478 g/mol. The molecule has 0 aliphatic carbocycles. The molecule has 1 aliphatic rings. The number of likely N-dealkylation sites (N-methyl/N-ethyl adjacent to an activating group) is 1. The first-order valence-corrected chi connectivity index (χ1v) is 10.7. The minimum absolute atomic E-state index is 0.0234. The van der Waals surface area contributed by atoms with Crippen molar-refractivity contribution < 1.29 is 22.3 Å². The van der Waals surface area contributed by atoms with Gasteiger partial charge in [0.1, 0.15) is 17.1 Å². The van der Waals surface area contributed by atoms with Gasteiger partial charge in [0.15, 0.2) is 5.82 Å². The standard InChI is InChI=1S/C21H22F4N8O/c1-31-10-16(21(24,25)11-31)26-20-27-19(34-2)18-17(13(23)9-33(18)29-20)12-4-5-14-15(8-12)32(30-28-14)7-3-6-22/h4-5,8-9,16H,3,6-7,10-11H2,1-2H3,(H,26,29)/t16-/m1/s1. The summed E-state index contributed by atoms with van der Waals surface area (Å²) in [4.78, 5) is 5.73. The number of hydrogen-bond donors (Lipinski definition) is 1. The zero-order valence-electron chi connectivity index (χ0n) is 18.5. The number of nitrogens with zero attached hydrogens (tertiary/aromatic N) is 7. The van der Waals surface area contributed by atoms with E-state index in [0.29, 0.717) is 23.1 Å². The molecule has 0 bridgehead atoms. The summed E-state index contributed by atoms with van der Waals surface area (Å²) in [6.07, 6.45) is 1.42. The molecule has 1 aliphatic heterocycles. The van der Waals surface area contributed by atoms with E-state index in [2.05, 4.69) is 25.7 Å². The van der Waals surface area contributed by atoms with Crippen molar-refractivity contribution in [3.63, 3.8) is 0 Å². The lowest BCUT2D eigenvalue weighted by Gasteiger charge is -2.19. The number of aryl methyl sites for hydroxylation is 1. The van der Waals surface area contributed by atoms with Crippen LogP contribution >= 0.6 is 0 Å². The van der Waals surface area contributed by atoms with E-state index in [1.165, 1.54) is 16.5 Å². The minimum Gasteiger partial charge on any atom is -0.479 e. The number of hydrogen-bond acceptors (Lipinski definition) is 7. The third kappa shape index (κ3) is 3.79. The molecule has 5 rings (SSSR count). The number of alkyl halides is 3. The maximum atomic E-state index is 15.2. The molecule has 1 N–H and O–H groups in total. The number of anilines is 1. The molecule has 4 heterocycles. The van der Waals surface area contributed by atoms with Crippen LogP contribution in [0, 0.1) is 5.82 Å². The molecule has 13 heteroatoms. The predicted molar refractivity (Wildman–Crippen MR) is 116 cm³/mol. The van der Waals surface area contributed by atoms with Crippen LogP contribution in [0.4, 0.5) is 23.5 Å². The zero-order chi connectivity index (χ0) is 24.0. The van der Waals surface area contributed by atoms with Gasteiger partial charge in [0.05, 0.1) is 37.6 Å². The summed E-state index contributed by atoms with van der Waals surface area (Å²) in [5.74, 6) is -3.65. The van der Waals surface area contributed by atoms with E-state index in [4.69, 9.17) is 4.74 Å². The van der Waals surface area contributed by atoms with Crippen LogP contribution in [0.5, 0.6) is 5.88 Å². The summed E-state index contributed by atoms with van der Waals surface area (Å²) < 4.78 is 64.5. The first kappa shape index (κ1) is 22.3. The molecule has 4 aromatic rings. The second-order valence-electron chi connectivity index (χ2n) is 8.30. The van der Waals surface area contributed by atoms with Gasteiger partial charge in [0.2, 0.25) is 11.8 Å². The van der Waals surface area contributed by atoms with Gasteiger partial charge in [-0.2, -0.15) is 4.98 Å². The van der Waals surface area contributed by atoms with E-state index < -0.39 is 24.5 Å². The van der Waals surface area contributed by atoms with E-state index in [9.17, 15) is 13.2 Å². The number of methoxy groups -OCH3 is 1. The molecule has 0 amide bonds. The zero-order valence-corrected chi connectivity index (χ0v) is 18.5. The lowest BCUT2D eigenvalue weighted by atomic mass is 10.1. The fourth-order valence-electron chi connectivity index (χ4n) is 4.28. The first-order chi connectivity index (χ1) is 16.3. The van der Waals surface area contributed by atoms with Crippen LogP contribution in [-0.4, -0.2) is 80.4 Å². The van der Waals surface area contributed by atoms with Crippen molar-refractivity contribution in [2.24, 2.45) is 0 Å². The van der Waals surface area contributed by atoms with E-state index >= 15 is 4.39 Å². The molecular formula is C21H22F4N8O. The summed E-state index contributed by atoms with van der Waals surface area (Å²) in [6, 6.07) is 3.87. The van der Waals surface area contributed by atoms with Gasteiger partial charge in [-0.25, -0.2) is 22.4 Å². The fourth-order valence-corrected chi connectivity index (χ4v) is 4.28. The predicted octanol–water partition coefficient (Wildman–Crippen LogP) is 3.01. The van der Waals surface area contributed by atoms with Gasteiger partial charge in [-0.1, -0.05) is 11.3 Å². The van der Waals surface area contributed by atoms with Gasteiger partial charge in [-0.3, -0.25) is 9.29 Å². The van der Waals surface area contributed by atoms with Crippen LogP contribution in [0.1, 0.15) is 6.42 Å². The highest BCUT2D eigenvalue weighted by Crippen LogP contribution is 2.36. The number of likely N-dealkylation sites (tertiary alicyclic amines) is 1. The smallest absolute Gasteiger partial charge is 0.281 e. The van der Waals surface area contributed by atoms with Crippen LogP contribution in [0.25, 0.3) is 27.7 Å². The van der Waals surface area contributed by atoms with Crippen molar-refractivity contribution in [1.82, 2.24) is 34.5 Å². The molecule has 0 unspecified atom stereocenters. The third-order valence-electron chi connectivity index (χ3n) is 5.84. The molecule has 0 radical (unpaired) electrons. The average Bonchev–Trinajstić information content (AvgIpc) is 3.43. The minimum atomic E-state index is -2.97. The van der Waals surface area contributed by atoms with E-state index in [1.54, 1.807) is 29.9 Å². The highest BCUT2D eigenvalue weighted by molar-refractivity contribution is 5.89. The van der Waals surface area contributed by atoms with Crippen LogP contribution in [0.15, 0.2) is 24.4 Å². The van der Waals surface area contributed by atoms with Gasteiger partial charge >= 0.3 is 0 Å². The van der Waals surface area contributed by atoms with Crippen LogP contribution in [-0.2, 0) is 6.54 Å². The molecule has 9 nitrogen and oxygen atoms in total. The van der Waals surface area contributed by atoms with E-state index in [0.717, 1.165) is 6.20 Å². The normalized spacial score (nSPS) is 18.2. The topological polar surface area (TPSA) is 85.4 Å².